The quantitative estimate of drug-likeness (QED) is 0.352. The largest absolute Gasteiger partial charge is 0.493 e. The first-order valence-corrected chi connectivity index (χ1v) is 11.3. The van der Waals surface area contributed by atoms with Gasteiger partial charge in [0.2, 0.25) is 5.91 Å². The second-order valence-corrected chi connectivity index (χ2v) is 8.81. The third-order valence-corrected chi connectivity index (χ3v) is 5.56. The van der Waals surface area contributed by atoms with Crippen molar-refractivity contribution >= 4 is 33.2 Å². The molecule has 5 nitrogen and oxygen atoms in total. The highest BCUT2D eigenvalue weighted by atomic mass is 79.9. The Balaban J connectivity index is 1.62. The topological polar surface area (TPSA) is 59.6 Å². The molecule has 3 aromatic carbocycles. The fourth-order valence-electron chi connectivity index (χ4n) is 3.02. The summed E-state index contributed by atoms with van der Waals surface area (Å²) in [4.78, 5) is 11.8. The van der Waals surface area contributed by atoms with Crippen molar-refractivity contribution in [3.63, 3.8) is 0 Å². The molecule has 0 aliphatic carbocycles. The number of halogens is 1. The molecule has 0 radical (unpaired) electrons. The Hall–Kier alpha value is -2.99. The lowest BCUT2D eigenvalue weighted by Gasteiger charge is -2.15. The van der Waals surface area contributed by atoms with E-state index in [2.05, 4.69) is 57.8 Å². The average Bonchev–Trinajstić information content (AvgIpc) is 2.78. The number of carbonyl (C=O) groups excluding carboxylic acids is 1. The molecular weight excluding hydrogens is 468 g/mol. The number of nitrogens with one attached hydrogen (secondary N) is 2. The van der Waals surface area contributed by atoms with Gasteiger partial charge in [-0.1, -0.05) is 43.7 Å². The molecule has 0 aliphatic heterocycles. The van der Waals surface area contributed by atoms with Crippen LogP contribution in [0, 0.1) is 12.8 Å². The number of methoxy groups -OCH3 is 1. The summed E-state index contributed by atoms with van der Waals surface area (Å²) in [6.45, 7) is 6.89. The minimum Gasteiger partial charge on any atom is -0.493 e. The van der Waals surface area contributed by atoms with Crippen LogP contribution in [0.4, 0.5) is 11.4 Å². The second-order valence-electron chi connectivity index (χ2n) is 7.96. The van der Waals surface area contributed by atoms with Gasteiger partial charge >= 0.3 is 0 Å². The number of ether oxygens (including phenoxy) is 2. The van der Waals surface area contributed by atoms with Crippen molar-refractivity contribution in [2.75, 3.05) is 17.7 Å². The zero-order valence-electron chi connectivity index (χ0n) is 18.9. The second kappa shape index (κ2) is 11.0. The Bertz CT molecular complexity index is 1050. The lowest BCUT2D eigenvalue weighted by molar-refractivity contribution is -0.118. The van der Waals surface area contributed by atoms with Gasteiger partial charge < -0.3 is 20.1 Å². The SMILES string of the molecule is COc1cc(CNc2ccc(NC(=O)C(C)C)cc2)cc(Br)c1OCc1ccc(C)cc1. The maximum atomic E-state index is 11.8. The first-order valence-electron chi connectivity index (χ1n) is 10.5. The molecule has 0 unspecified atom stereocenters. The van der Waals surface area contributed by atoms with Crippen LogP contribution in [0.3, 0.4) is 0 Å². The number of hydrogen-bond acceptors (Lipinski definition) is 4. The number of benzene rings is 3. The predicted octanol–water partition coefficient (Wildman–Crippen LogP) is 6.55. The predicted molar refractivity (Wildman–Crippen MR) is 133 cm³/mol. The van der Waals surface area contributed by atoms with E-state index in [1.54, 1.807) is 7.11 Å². The van der Waals surface area contributed by atoms with Gasteiger partial charge in [-0.2, -0.15) is 0 Å². The summed E-state index contributed by atoms with van der Waals surface area (Å²) in [6, 6.07) is 19.9. The van der Waals surface area contributed by atoms with Gasteiger partial charge in [0.05, 0.1) is 11.6 Å². The average molecular weight is 497 g/mol. The molecule has 2 N–H and O–H groups in total. The fourth-order valence-corrected chi connectivity index (χ4v) is 3.62. The number of carbonyl (C=O) groups is 1. The van der Waals surface area contributed by atoms with Crippen LogP contribution in [0.15, 0.2) is 65.1 Å². The number of anilines is 2. The van der Waals surface area contributed by atoms with Crippen LogP contribution < -0.4 is 20.1 Å². The Morgan fingerprint density at radius 2 is 1.62 bits per heavy atom. The molecule has 0 aliphatic rings. The summed E-state index contributed by atoms with van der Waals surface area (Å²) < 4.78 is 12.5. The van der Waals surface area contributed by atoms with Gasteiger partial charge in [-0.15, -0.1) is 0 Å². The van der Waals surface area contributed by atoms with Crippen LogP contribution in [0.25, 0.3) is 0 Å². The van der Waals surface area contributed by atoms with Crippen LogP contribution in [0.2, 0.25) is 0 Å². The molecule has 168 valence electrons. The molecule has 0 saturated heterocycles. The van der Waals surface area contributed by atoms with E-state index < -0.39 is 0 Å². The van der Waals surface area contributed by atoms with Crippen molar-refractivity contribution in [1.29, 1.82) is 0 Å². The highest BCUT2D eigenvalue weighted by Crippen LogP contribution is 2.37. The van der Waals surface area contributed by atoms with Crippen LogP contribution >= 0.6 is 15.9 Å². The Morgan fingerprint density at radius 1 is 0.969 bits per heavy atom. The molecule has 0 spiro atoms. The van der Waals surface area contributed by atoms with Gasteiger partial charge in [-0.05, 0) is 70.4 Å². The van der Waals surface area contributed by atoms with E-state index in [-0.39, 0.29) is 11.8 Å². The van der Waals surface area contributed by atoms with Crippen LogP contribution in [-0.2, 0) is 17.9 Å². The Kier molecular flexibility index (Phi) is 8.17. The minimum absolute atomic E-state index is 0.00680. The molecule has 1 amide bonds. The summed E-state index contributed by atoms with van der Waals surface area (Å²) in [5.74, 6) is 1.31. The van der Waals surface area contributed by atoms with Crippen molar-refractivity contribution in [2.45, 2.75) is 33.9 Å². The molecule has 0 heterocycles. The molecular formula is C26H29BrN2O3. The van der Waals surface area contributed by atoms with E-state index in [1.807, 2.05) is 50.2 Å². The van der Waals surface area contributed by atoms with E-state index in [4.69, 9.17) is 9.47 Å². The monoisotopic (exact) mass is 496 g/mol. The Morgan fingerprint density at radius 3 is 2.25 bits per heavy atom. The first-order chi connectivity index (χ1) is 15.4. The normalized spacial score (nSPS) is 10.7. The van der Waals surface area contributed by atoms with E-state index in [9.17, 15) is 4.79 Å². The number of hydrogen-bond donors (Lipinski definition) is 2. The third kappa shape index (κ3) is 6.50. The van der Waals surface area contributed by atoms with Gasteiger partial charge in [0.15, 0.2) is 11.5 Å². The molecule has 0 saturated carbocycles. The lowest BCUT2D eigenvalue weighted by atomic mass is 10.1. The minimum atomic E-state index is -0.0509. The standard InChI is InChI=1S/C26H29BrN2O3/c1-17(2)26(30)29-22-11-9-21(10-12-22)28-15-20-13-23(27)25(24(14-20)31-4)32-16-19-7-5-18(3)6-8-19/h5-14,17,28H,15-16H2,1-4H3,(H,29,30). The highest BCUT2D eigenvalue weighted by molar-refractivity contribution is 9.10. The zero-order chi connectivity index (χ0) is 23.1. The summed E-state index contributed by atoms with van der Waals surface area (Å²) in [5.41, 5.74) is 5.12. The number of rotatable bonds is 9. The third-order valence-electron chi connectivity index (χ3n) is 4.97. The molecule has 0 bridgehead atoms. The van der Waals surface area contributed by atoms with Crippen molar-refractivity contribution in [2.24, 2.45) is 5.92 Å². The lowest BCUT2D eigenvalue weighted by Crippen LogP contribution is -2.17. The number of aryl methyl sites for hydroxylation is 1. The van der Waals surface area contributed by atoms with E-state index in [0.717, 1.165) is 27.0 Å². The molecule has 0 fully saturated rings. The van der Waals surface area contributed by atoms with Crippen LogP contribution in [-0.4, -0.2) is 13.0 Å². The van der Waals surface area contributed by atoms with Crippen molar-refractivity contribution in [3.05, 3.63) is 81.8 Å². The van der Waals surface area contributed by atoms with E-state index >= 15 is 0 Å². The fraction of sp³-hybridized carbons (Fsp3) is 0.269. The maximum Gasteiger partial charge on any atom is 0.226 e. The van der Waals surface area contributed by atoms with Gasteiger partial charge in [-0.25, -0.2) is 0 Å². The van der Waals surface area contributed by atoms with Crippen LogP contribution in [0.1, 0.15) is 30.5 Å². The highest BCUT2D eigenvalue weighted by Gasteiger charge is 2.12. The van der Waals surface area contributed by atoms with Crippen LogP contribution in [0.5, 0.6) is 11.5 Å². The molecule has 32 heavy (non-hydrogen) atoms. The maximum absolute atomic E-state index is 11.8. The Labute approximate surface area is 198 Å². The summed E-state index contributed by atoms with van der Waals surface area (Å²) in [7, 11) is 1.64. The summed E-state index contributed by atoms with van der Waals surface area (Å²) in [5, 5.41) is 6.29. The first kappa shape index (κ1) is 23.7. The van der Waals surface area contributed by atoms with Gasteiger partial charge in [0.1, 0.15) is 6.61 Å². The molecule has 0 atom stereocenters. The molecule has 3 rings (SSSR count). The van der Waals surface area contributed by atoms with Gasteiger partial charge in [0, 0.05) is 23.8 Å². The van der Waals surface area contributed by atoms with Crippen molar-refractivity contribution in [3.8, 4) is 11.5 Å². The number of amides is 1. The smallest absolute Gasteiger partial charge is 0.226 e. The zero-order valence-corrected chi connectivity index (χ0v) is 20.5. The summed E-state index contributed by atoms with van der Waals surface area (Å²) in [6.07, 6.45) is 0. The van der Waals surface area contributed by atoms with E-state index in [1.165, 1.54) is 5.56 Å². The molecule has 3 aromatic rings. The van der Waals surface area contributed by atoms with Crippen molar-refractivity contribution < 1.29 is 14.3 Å². The van der Waals surface area contributed by atoms with Gasteiger partial charge in [-0.3, -0.25) is 4.79 Å². The molecule has 6 heteroatoms. The molecule has 0 aromatic heterocycles. The van der Waals surface area contributed by atoms with E-state index in [0.29, 0.717) is 24.7 Å². The summed E-state index contributed by atoms with van der Waals surface area (Å²) >= 11 is 3.62. The van der Waals surface area contributed by atoms with Crippen molar-refractivity contribution in [1.82, 2.24) is 0 Å². The van der Waals surface area contributed by atoms with Gasteiger partial charge in [0.25, 0.3) is 0 Å².